The summed E-state index contributed by atoms with van der Waals surface area (Å²) in [6.07, 6.45) is 0.930. The fourth-order valence-electron chi connectivity index (χ4n) is 1.37. The van der Waals surface area contributed by atoms with Crippen molar-refractivity contribution in [3.05, 3.63) is 34.4 Å². The number of rotatable bonds is 3. The molecule has 1 aliphatic heterocycles. The molecule has 9 heteroatoms. The Labute approximate surface area is 102 Å². The molecule has 18 heavy (non-hydrogen) atoms. The number of nitrogens with zero attached hydrogens (tertiary/aromatic N) is 3. The Kier molecular flexibility index (Phi) is 2.83. The second-order valence-corrected chi connectivity index (χ2v) is 5.33. The van der Waals surface area contributed by atoms with Crippen LogP contribution in [0.3, 0.4) is 0 Å². The molecule has 0 unspecified atom stereocenters. The van der Waals surface area contributed by atoms with Crippen molar-refractivity contribution in [3.63, 3.8) is 0 Å². The first kappa shape index (κ1) is 12.2. The van der Waals surface area contributed by atoms with Crippen molar-refractivity contribution >= 4 is 28.0 Å². The Morgan fingerprint density at radius 1 is 1.28 bits per heavy atom. The fourth-order valence-corrected chi connectivity index (χ4v) is 2.57. The summed E-state index contributed by atoms with van der Waals surface area (Å²) in [5, 5.41) is 10.4. The number of nitro groups is 1. The minimum Gasteiger partial charge on any atom is -0.270 e. The van der Waals surface area contributed by atoms with Crippen LogP contribution in [0.15, 0.2) is 34.2 Å². The van der Waals surface area contributed by atoms with E-state index in [1.54, 1.807) is 0 Å². The summed E-state index contributed by atoms with van der Waals surface area (Å²) in [7, 11) is -3.87. The van der Waals surface area contributed by atoms with Crippen LogP contribution >= 0.6 is 0 Å². The predicted molar refractivity (Wildman–Crippen MR) is 60.5 cm³/mol. The van der Waals surface area contributed by atoms with Gasteiger partial charge in [-0.1, -0.05) is 0 Å². The number of nitro benzene ring substituents is 1. The summed E-state index contributed by atoms with van der Waals surface area (Å²) in [4.78, 5) is 23.9. The highest BCUT2D eigenvalue weighted by molar-refractivity contribution is 7.89. The maximum absolute atomic E-state index is 12.0. The molecule has 0 saturated heterocycles. The van der Waals surface area contributed by atoms with Crippen molar-refractivity contribution in [2.24, 2.45) is 4.99 Å². The molecule has 0 spiro atoms. The highest BCUT2D eigenvalue weighted by atomic mass is 32.2. The number of hydrogen-bond donors (Lipinski definition) is 0. The predicted octanol–water partition coefficient (Wildman–Crippen LogP) is 0.154. The minimum absolute atomic E-state index is 0.130. The first-order valence-corrected chi connectivity index (χ1v) is 6.18. The number of non-ortho nitro benzene ring substituents is 1. The Bertz CT molecular complexity index is 635. The van der Waals surface area contributed by atoms with Crippen molar-refractivity contribution in [1.29, 1.82) is 0 Å². The quantitative estimate of drug-likeness (QED) is 0.573. The molecule has 1 heterocycles. The molecular formula is C9H7N3O5S. The largest absolute Gasteiger partial charge is 0.270 e. The topological polar surface area (TPSA) is 110 Å². The van der Waals surface area contributed by atoms with Gasteiger partial charge in [0, 0.05) is 12.1 Å². The average molecular weight is 269 g/mol. The zero-order valence-electron chi connectivity index (χ0n) is 8.88. The van der Waals surface area contributed by atoms with E-state index >= 15 is 0 Å². The van der Waals surface area contributed by atoms with Gasteiger partial charge in [-0.25, -0.2) is 17.7 Å². The summed E-state index contributed by atoms with van der Waals surface area (Å²) in [6, 6.07) is 4.40. The van der Waals surface area contributed by atoms with Crippen LogP contribution in [0.1, 0.15) is 0 Å². The van der Waals surface area contributed by atoms with Gasteiger partial charge in [0.1, 0.15) is 12.9 Å². The summed E-state index contributed by atoms with van der Waals surface area (Å²) in [5.74, 6) is -0.555. The van der Waals surface area contributed by atoms with Gasteiger partial charge >= 0.3 is 0 Å². The summed E-state index contributed by atoms with van der Waals surface area (Å²) in [5.41, 5.74) is -0.208. The van der Waals surface area contributed by atoms with Crippen LogP contribution in [-0.4, -0.2) is 36.4 Å². The van der Waals surface area contributed by atoms with Crippen molar-refractivity contribution in [2.45, 2.75) is 4.90 Å². The number of hydrogen-bond acceptors (Lipinski definition) is 5. The van der Waals surface area contributed by atoms with Crippen LogP contribution in [0.4, 0.5) is 5.69 Å². The van der Waals surface area contributed by atoms with Crippen LogP contribution in [0.5, 0.6) is 0 Å². The van der Waals surface area contributed by atoms with E-state index in [0.29, 0.717) is 0 Å². The lowest BCUT2D eigenvalue weighted by Crippen LogP contribution is -2.29. The molecule has 1 aromatic carbocycles. The van der Waals surface area contributed by atoms with Gasteiger partial charge in [-0.3, -0.25) is 14.9 Å². The molecule has 1 amide bonds. The third-order valence-corrected chi connectivity index (χ3v) is 3.98. The first-order valence-electron chi connectivity index (χ1n) is 4.74. The third kappa shape index (κ3) is 2.07. The van der Waals surface area contributed by atoms with Gasteiger partial charge in [-0.2, -0.15) is 0 Å². The number of aliphatic imine (C=N–C) groups is 1. The van der Waals surface area contributed by atoms with Crippen LogP contribution in [0.2, 0.25) is 0 Å². The average Bonchev–Trinajstić information content (AvgIpc) is 2.76. The minimum atomic E-state index is -3.87. The number of sulfonamides is 1. The summed E-state index contributed by atoms with van der Waals surface area (Å²) < 4.78 is 24.7. The molecule has 94 valence electrons. The second-order valence-electron chi connectivity index (χ2n) is 3.44. The molecule has 0 radical (unpaired) electrons. The lowest BCUT2D eigenvalue weighted by molar-refractivity contribution is -0.384. The van der Waals surface area contributed by atoms with Crippen molar-refractivity contribution < 1.29 is 18.1 Å². The highest BCUT2D eigenvalue weighted by Gasteiger charge is 2.28. The summed E-state index contributed by atoms with van der Waals surface area (Å²) in [6.45, 7) is -0.348. The van der Waals surface area contributed by atoms with Gasteiger partial charge in [0.15, 0.2) is 0 Å². The molecule has 0 atom stereocenters. The number of carbonyl (C=O) groups is 1. The normalized spacial score (nSPS) is 15.1. The molecular weight excluding hydrogens is 262 g/mol. The van der Waals surface area contributed by atoms with Crippen LogP contribution in [-0.2, 0) is 14.8 Å². The smallest absolute Gasteiger partial charge is 0.269 e. The first-order chi connectivity index (χ1) is 8.41. The van der Waals surface area contributed by atoms with Gasteiger partial charge in [-0.05, 0) is 12.1 Å². The molecule has 1 aromatic rings. The Morgan fingerprint density at radius 3 is 2.33 bits per heavy atom. The van der Waals surface area contributed by atoms with E-state index in [1.165, 1.54) is 0 Å². The van der Waals surface area contributed by atoms with Gasteiger partial charge in [0.05, 0.1) is 9.82 Å². The molecule has 0 saturated carbocycles. The van der Waals surface area contributed by atoms with Crippen LogP contribution in [0.25, 0.3) is 0 Å². The van der Waals surface area contributed by atoms with Crippen LogP contribution in [0, 0.1) is 10.1 Å². The maximum atomic E-state index is 12.0. The number of benzene rings is 1. The zero-order chi connectivity index (χ0) is 13.3. The van der Waals surface area contributed by atoms with E-state index < -0.39 is 20.9 Å². The van der Waals surface area contributed by atoms with Crippen LogP contribution < -0.4 is 0 Å². The van der Waals surface area contributed by atoms with Gasteiger partial charge in [0.25, 0.3) is 21.6 Å². The Hall–Kier alpha value is -2.29. The fraction of sp³-hybridized carbons (Fsp3) is 0.111. The summed E-state index contributed by atoms with van der Waals surface area (Å²) >= 11 is 0. The third-order valence-electron chi connectivity index (χ3n) is 2.28. The lowest BCUT2D eigenvalue weighted by atomic mass is 10.3. The van der Waals surface area contributed by atoms with E-state index in [4.69, 9.17) is 0 Å². The molecule has 0 fully saturated rings. The number of amides is 1. The van der Waals surface area contributed by atoms with E-state index in [0.717, 1.165) is 34.9 Å². The molecule has 0 bridgehead atoms. The van der Waals surface area contributed by atoms with Gasteiger partial charge < -0.3 is 0 Å². The van der Waals surface area contributed by atoms with E-state index in [2.05, 4.69) is 4.99 Å². The van der Waals surface area contributed by atoms with Crippen molar-refractivity contribution in [2.75, 3.05) is 6.54 Å². The Morgan fingerprint density at radius 2 is 1.89 bits per heavy atom. The van der Waals surface area contributed by atoms with E-state index in [-0.39, 0.29) is 17.1 Å². The van der Waals surface area contributed by atoms with E-state index in [9.17, 15) is 23.3 Å². The molecule has 0 aromatic heterocycles. The highest BCUT2D eigenvalue weighted by Crippen LogP contribution is 2.19. The molecule has 0 N–H and O–H groups in total. The number of carbonyl (C=O) groups excluding carboxylic acids is 1. The van der Waals surface area contributed by atoms with Gasteiger partial charge in [-0.15, -0.1) is 0 Å². The maximum Gasteiger partial charge on any atom is 0.269 e. The monoisotopic (exact) mass is 269 g/mol. The SMILES string of the molecule is O=C1CN(S(=O)(=O)c2ccc([N+](=O)[O-])cc2)C=N1. The molecule has 0 aliphatic carbocycles. The lowest BCUT2D eigenvalue weighted by Gasteiger charge is -2.13. The standard InChI is InChI=1S/C9H7N3O5S/c13-9-5-11(6-10-9)18(16,17)8-3-1-7(2-4-8)12(14)15/h1-4,6H,5H2. The van der Waals surface area contributed by atoms with Crippen molar-refractivity contribution in [1.82, 2.24) is 4.31 Å². The van der Waals surface area contributed by atoms with E-state index in [1.807, 2.05) is 0 Å². The molecule has 2 rings (SSSR count). The van der Waals surface area contributed by atoms with Gasteiger partial charge in [0.2, 0.25) is 0 Å². The van der Waals surface area contributed by atoms with Crippen molar-refractivity contribution in [3.8, 4) is 0 Å². The molecule has 8 nitrogen and oxygen atoms in total. The zero-order valence-corrected chi connectivity index (χ0v) is 9.70. The Balaban J connectivity index is 2.33. The molecule has 1 aliphatic rings. The second kappa shape index (κ2) is 4.18.